The fraction of sp³-hybridized carbons (Fsp3) is 0.316. The van der Waals surface area contributed by atoms with Crippen molar-refractivity contribution >= 4 is 11.8 Å². The number of hydrogen-bond acceptors (Lipinski definition) is 4. The van der Waals surface area contributed by atoms with Gasteiger partial charge < -0.3 is 15.0 Å². The van der Waals surface area contributed by atoms with Gasteiger partial charge in [-0.3, -0.25) is 14.6 Å². The SMILES string of the molecule is COc1ccc(CNC(=O)CCN(Cc2ccncc2)C(C)=O)cc1. The van der Waals surface area contributed by atoms with E-state index in [0.29, 0.717) is 19.6 Å². The van der Waals surface area contributed by atoms with Crippen molar-refractivity contribution in [3.63, 3.8) is 0 Å². The molecule has 1 heterocycles. The summed E-state index contributed by atoms with van der Waals surface area (Å²) >= 11 is 0. The molecule has 0 saturated carbocycles. The van der Waals surface area contributed by atoms with Crippen LogP contribution < -0.4 is 10.1 Å². The molecule has 0 aliphatic carbocycles. The van der Waals surface area contributed by atoms with Crippen LogP contribution in [0.5, 0.6) is 5.75 Å². The fourth-order valence-electron chi connectivity index (χ4n) is 2.33. The summed E-state index contributed by atoms with van der Waals surface area (Å²) in [7, 11) is 1.61. The van der Waals surface area contributed by atoms with E-state index in [-0.39, 0.29) is 18.2 Å². The van der Waals surface area contributed by atoms with Gasteiger partial charge in [-0.1, -0.05) is 12.1 Å². The van der Waals surface area contributed by atoms with E-state index >= 15 is 0 Å². The zero-order valence-electron chi connectivity index (χ0n) is 14.6. The highest BCUT2D eigenvalue weighted by Gasteiger charge is 2.11. The Morgan fingerprint density at radius 1 is 1.08 bits per heavy atom. The van der Waals surface area contributed by atoms with Crippen molar-refractivity contribution in [1.82, 2.24) is 15.2 Å². The summed E-state index contributed by atoms with van der Waals surface area (Å²) in [6.07, 6.45) is 3.64. The number of aromatic nitrogens is 1. The van der Waals surface area contributed by atoms with Gasteiger partial charge in [0.15, 0.2) is 0 Å². The lowest BCUT2D eigenvalue weighted by atomic mass is 10.2. The molecule has 1 N–H and O–H groups in total. The number of nitrogens with zero attached hydrogens (tertiary/aromatic N) is 2. The van der Waals surface area contributed by atoms with Crippen LogP contribution in [-0.4, -0.2) is 35.4 Å². The Kier molecular flexibility index (Phi) is 6.95. The Bertz CT molecular complexity index is 687. The minimum atomic E-state index is -0.0863. The first kappa shape index (κ1) is 18.4. The largest absolute Gasteiger partial charge is 0.497 e. The van der Waals surface area contributed by atoms with Crippen LogP contribution in [0.4, 0.5) is 0 Å². The Morgan fingerprint density at radius 3 is 2.36 bits per heavy atom. The number of ether oxygens (including phenoxy) is 1. The average Bonchev–Trinajstić information content (AvgIpc) is 2.64. The summed E-state index contributed by atoms with van der Waals surface area (Å²) in [6, 6.07) is 11.2. The Hall–Kier alpha value is -2.89. The van der Waals surface area contributed by atoms with Crippen molar-refractivity contribution in [2.45, 2.75) is 26.4 Å². The molecule has 132 valence electrons. The minimum Gasteiger partial charge on any atom is -0.497 e. The van der Waals surface area contributed by atoms with Crippen molar-refractivity contribution in [2.24, 2.45) is 0 Å². The van der Waals surface area contributed by atoms with Crippen molar-refractivity contribution < 1.29 is 14.3 Å². The molecule has 0 radical (unpaired) electrons. The van der Waals surface area contributed by atoms with Gasteiger partial charge in [0.2, 0.25) is 11.8 Å². The summed E-state index contributed by atoms with van der Waals surface area (Å²) in [5, 5.41) is 2.87. The Morgan fingerprint density at radius 2 is 1.76 bits per heavy atom. The normalized spacial score (nSPS) is 10.2. The van der Waals surface area contributed by atoms with Gasteiger partial charge in [0.05, 0.1) is 7.11 Å². The highest BCUT2D eigenvalue weighted by Crippen LogP contribution is 2.11. The number of hydrogen-bond donors (Lipinski definition) is 1. The van der Waals surface area contributed by atoms with E-state index in [1.54, 1.807) is 24.4 Å². The number of carbonyl (C=O) groups is 2. The lowest BCUT2D eigenvalue weighted by Crippen LogP contribution is -2.33. The van der Waals surface area contributed by atoms with Crippen molar-refractivity contribution in [2.75, 3.05) is 13.7 Å². The maximum atomic E-state index is 12.0. The molecule has 2 aromatic rings. The number of benzene rings is 1. The highest BCUT2D eigenvalue weighted by atomic mass is 16.5. The molecule has 0 bridgehead atoms. The molecule has 6 nitrogen and oxygen atoms in total. The molecule has 0 unspecified atom stereocenters. The molecule has 0 fully saturated rings. The smallest absolute Gasteiger partial charge is 0.222 e. The van der Waals surface area contributed by atoms with Gasteiger partial charge in [-0.15, -0.1) is 0 Å². The second-order valence-electron chi connectivity index (χ2n) is 5.67. The number of carbonyl (C=O) groups excluding carboxylic acids is 2. The third-order valence-corrected chi connectivity index (χ3v) is 3.83. The van der Waals surface area contributed by atoms with E-state index < -0.39 is 0 Å². The number of pyridine rings is 1. The van der Waals surface area contributed by atoms with Crippen LogP contribution in [-0.2, 0) is 22.7 Å². The molecule has 1 aromatic heterocycles. The van der Waals surface area contributed by atoms with Gasteiger partial charge in [-0.2, -0.15) is 0 Å². The van der Waals surface area contributed by atoms with Crippen LogP contribution in [0.25, 0.3) is 0 Å². The molecule has 0 aliphatic heterocycles. The number of methoxy groups -OCH3 is 1. The van der Waals surface area contributed by atoms with E-state index in [4.69, 9.17) is 4.74 Å². The van der Waals surface area contributed by atoms with Gasteiger partial charge in [0.1, 0.15) is 5.75 Å². The van der Waals surface area contributed by atoms with Gasteiger partial charge in [0, 0.05) is 45.4 Å². The van der Waals surface area contributed by atoms with E-state index in [1.807, 2.05) is 36.4 Å². The van der Waals surface area contributed by atoms with Crippen LogP contribution in [0, 0.1) is 0 Å². The van der Waals surface area contributed by atoms with Gasteiger partial charge in [-0.05, 0) is 35.4 Å². The topological polar surface area (TPSA) is 71.5 Å². The molecule has 2 rings (SSSR count). The highest BCUT2D eigenvalue weighted by molar-refractivity contribution is 5.78. The molecule has 0 spiro atoms. The van der Waals surface area contributed by atoms with Crippen LogP contribution in [0.2, 0.25) is 0 Å². The fourth-order valence-corrected chi connectivity index (χ4v) is 2.33. The first-order valence-corrected chi connectivity index (χ1v) is 8.12. The molecule has 25 heavy (non-hydrogen) atoms. The molecule has 0 saturated heterocycles. The van der Waals surface area contributed by atoms with Gasteiger partial charge in [-0.25, -0.2) is 0 Å². The van der Waals surface area contributed by atoms with E-state index in [2.05, 4.69) is 10.3 Å². The lowest BCUT2D eigenvalue weighted by molar-refractivity contribution is -0.130. The summed E-state index contributed by atoms with van der Waals surface area (Å²) in [6.45, 7) is 2.82. The molecule has 0 atom stereocenters. The maximum Gasteiger partial charge on any atom is 0.222 e. The third kappa shape index (κ3) is 6.25. The third-order valence-electron chi connectivity index (χ3n) is 3.83. The summed E-state index contributed by atoms with van der Waals surface area (Å²) in [5.74, 6) is 0.639. The first-order valence-electron chi connectivity index (χ1n) is 8.12. The zero-order chi connectivity index (χ0) is 18.1. The summed E-state index contributed by atoms with van der Waals surface area (Å²) < 4.78 is 5.10. The summed E-state index contributed by atoms with van der Waals surface area (Å²) in [4.78, 5) is 29.4. The van der Waals surface area contributed by atoms with Crippen LogP contribution in [0.1, 0.15) is 24.5 Å². The molecular weight excluding hydrogens is 318 g/mol. The second kappa shape index (κ2) is 9.42. The first-order chi connectivity index (χ1) is 12.1. The molecule has 1 aromatic carbocycles. The van der Waals surface area contributed by atoms with Gasteiger partial charge in [0.25, 0.3) is 0 Å². The second-order valence-corrected chi connectivity index (χ2v) is 5.67. The average molecular weight is 341 g/mol. The lowest BCUT2D eigenvalue weighted by Gasteiger charge is -2.20. The zero-order valence-corrected chi connectivity index (χ0v) is 14.6. The van der Waals surface area contributed by atoms with E-state index in [0.717, 1.165) is 16.9 Å². The predicted octanol–water partition coefficient (Wildman–Crippen LogP) is 2.15. The Labute approximate surface area is 147 Å². The van der Waals surface area contributed by atoms with Crippen LogP contribution >= 0.6 is 0 Å². The minimum absolute atomic E-state index is 0.0558. The molecule has 2 amide bonds. The Balaban J connectivity index is 1.79. The van der Waals surface area contributed by atoms with Crippen LogP contribution in [0.15, 0.2) is 48.8 Å². The summed E-state index contributed by atoms with van der Waals surface area (Å²) in [5.41, 5.74) is 1.98. The predicted molar refractivity (Wildman–Crippen MR) is 94.8 cm³/mol. The van der Waals surface area contributed by atoms with E-state index in [1.165, 1.54) is 6.92 Å². The standard InChI is InChI=1S/C19H23N3O3/c1-15(23)22(14-17-7-10-20-11-8-17)12-9-19(24)21-13-16-3-5-18(25-2)6-4-16/h3-8,10-11H,9,12-14H2,1-2H3,(H,21,24). The number of rotatable bonds is 8. The van der Waals surface area contributed by atoms with Crippen LogP contribution in [0.3, 0.4) is 0 Å². The quantitative estimate of drug-likeness (QED) is 0.798. The molecular formula is C19H23N3O3. The van der Waals surface area contributed by atoms with Crippen molar-refractivity contribution in [3.8, 4) is 5.75 Å². The van der Waals surface area contributed by atoms with Crippen molar-refractivity contribution in [1.29, 1.82) is 0 Å². The number of nitrogens with one attached hydrogen (secondary N) is 1. The van der Waals surface area contributed by atoms with E-state index in [9.17, 15) is 9.59 Å². The maximum absolute atomic E-state index is 12.0. The van der Waals surface area contributed by atoms with Gasteiger partial charge >= 0.3 is 0 Å². The number of amides is 2. The van der Waals surface area contributed by atoms with Crippen molar-refractivity contribution in [3.05, 3.63) is 59.9 Å². The molecule has 0 aliphatic rings. The molecule has 6 heteroatoms. The monoisotopic (exact) mass is 341 g/mol.